The first-order chi connectivity index (χ1) is 12.1. The van der Waals surface area contributed by atoms with E-state index in [0.29, 0.717) is 29.0 Å². The van der Waals surface area contributed by atoms with Crippen LogP contribution in [0, 0.1) is 11.8 Å². The molecule has 3 atom stereocenters. The lowest BCUT2D eigenvalue weighted by Gasteiger charge is -2.28. The smallest absolute Gasteiger partial charge is 0.218 e. The van der Waals surface area contributed by atoms with Gasteiger partial charge in [0, 0.05) is 18.1 Å². The van der Waals surface area contributed by atoms with Crippen molar-refractivity contribution in [3.8, 4) is 0 Å². The van der Waals surface area contributed by atoms with Crippen molar-refractivity contribution >= 4 is 21.6 Å². The normalized spacial score (nSPS) is 26.7. The molecule has 25 heavy (non-hydrogen) atoms. The summed E-state index contributed by atoms with van der Waals surface area (Å²) in [5.41, 5.74) is 1.73. The molecular formula is C19H21ClN2O2S. The molecule has 0 saturated carbocycles. The Balaban J connectivity index is 1.68. The molecule has 2 fully saturated rings. The zero-order valence-corrected chi connectivity index (χ0v) is 15.4. The van der Waals surface area contributed by atoms with Crippen molar-refractivity contribution in [2.45, 2.75) is 11.8 Å². The lowest BCUT2D eigenvalue weighted by molar-refractivity contribution is 0.345. The van der Waals surface area contributed by atoms with Gasteiger partial charge >= 0.3 is 0 Å². The molecule has 0 unspecified atom stereocenters. The van der Waals surface area contributed by atoms with Crippen molar-refractivity contribution in [3.05, 3.63) is 70.7 Å². The molecule has 0 aliphatic carbocycles. The molecule has 4 nitrogen and oxygen atoms in total. The molecule has 0 aromatic heterocycles. The molecule has 2 aliphatic heterocycles. The number of nitrogens with one attached hydrogen (secondary N) is 1. The second-order valence-electron chi connectivity index (χ2n) is 6.86. The zero-order valence-electron chi connectivity index (χ0n) is 13.8. The first kappa shape index (κ1) is 17.0. The third-order valence-electron chi connectivity index (χ3n) is 5.32. The van der Waals surface area contributed by atoms with Crippen molar-refractivity contribution in [3.63, 3.8) is 0 Å². The molecule has 0 amide bonds. The summed E-state index contributed by atoms with van der Waals surface area (Å²) in [7, 11) is -3.45. The van der Waals surface area contributed by atoms with Gasteiger partial charge in [-0.1, -0.05) is 60.1 Å². The average Bonchev–Trinajstić information content (AvgIpc) is 3.19. The minimum Gasteiger partial charge on any atom is -0.316 e. The van der Waals surface area contributed by atoms with E-state index in [4.69, 9.17) is 11.6 Å². The zero-order chi connectivity index (χ0) is 17.4. The van der Waals surface area contributed by atoms with Crippen LogP contribution in [0.3, 0.4) is 0 Å². The summed E-state index contributed by atoms with van der Waals surface area (Å²) in [6, 6.07) is 17.0. The molecule has 2 aromatic rings. The predicted molar refractivity (Wildman–Crippen MR) is 99.8 cm³/mol. The number of sulfonamides is 1. The van der Waals surface area contributed by atoms with Gasteiger partial charge in [-0.25, -0.2) is 8.42 Å². The van der Waals surface area contributed by atoms with Crippen molar-refractivity contribution in [2.24, 2.45) is 11.8 Å². The number of benzene rings is 2. The minimum absolute atomic E-state index is 0.0527. The van der Waals surface area contributed by atoms with E-state index in [1.165, 1.54) is 0 Å². The van der Waals surface area contributed by atoms with Crippen LogP contribution in [-0.2, 0) is 15.8 Å². The van der Waals surface area contributed by atoms with E-state index in [1.807, 2.05) is 42.5 Å². The predicted octanol–water partition coefficient (Wildman–Crippen LogP) is 3.06. The Bertz CT molecular complexity index is 857. The van der Waals surface area contributed by atoms with E-state index < -0.39 is 10.0 Å². The molecule has 4 rings (SSSR count). The van der Waals surface area contributed by atoms with Gasteiger partial charge in [0.05, 0.1) is 11.8 Å². The van der Waals surface area contributed by atoms with Crippen LogP contribution < -0.4 is 5.32 Å². The summed E-state index contributed by atoms with van der Waals surface area (Å²) in [5, 5.41) is 3.92. The fourth-order valence-electron chi connectivity index (χ4n) is 4.13. The van der Waals surface area contributed by atoms with Gasteiger partial charge in [0.2, 0.25) is 10.0 Å². The van der Waals surface area contributed by atoms with Crippen LogP contribution in [-0.4, -0.2) is 32.4 Å². The Morgan fingerprint density at radius 2 is 1.76 bits per heavy atom. The van der Waals surface area contributed by atoms with Gasteiger partial charge in [-0.2, -0.15) is 4.31 Å². The number of nitrogens with zero attached hydrogens (tertiary/aromatic N) is 1. The van der Waals surface area contributed by atoms with Gasteiger partial charge < -0.3 is 5.32 Å². The lowest BCUT2D eigenvalue weighted by Crippen LogP contribution is -2.35. The van der Waals surface area contributed by atoms with E-state index in [-0.39, 0.29) is 11.8 Å². The fourth-order valence-corrected chi connectivity index (χ4v) is 6.26. The van der Waals surface area contributed by atoms with Crippen molar-refractivity contribution in [1.29, 1.82) is 0 Å². The third kappa shape index (κ3) is 3.22. The van der Waals surface area contributed by atoms with Crippen LogP contribution in [0.15, 0.2) is 54.6 Å². The summed E-state index contributed by atoms with van der Waals surface area (Å²) < 4.78 is 28.1. The Morgan fingerprint density at radius 1 is 1.04 bits per heavy atom. The van der Waals surface area contributed by atoms with Crippen LogP contribution in [0.1, 0.15) is 17.2 Å². The van der Waals surface area contributed by atoms with Gasteiger partial charge in [0.25, 0.3) is 0 Å². The highest BCUT2D eigenvalue weighted by Crippen LogP contribution is 2.44. The molecular weight excluding hydrogens is 356 g/mol. The number of hydrogen-bond acceptors (Lipinski definition) is 3. The quantitative estimate of drug-likeness (QED) is 0.892. The third-order valence-corrected chi connectivity index (χ3v) is 7.45. The molecule has 6 heteroatoms. The Morgan fingerprint density at radius 3 is 2.52 bits per heavy atom. The van der Waals surface area contributed by atoms with E-state index in [1.54, 1.807) is 16.4 Å². The van der Waals surface area contributed by atoms with Gasteiger partial charge in [-0.3, -0.25) is 0 Å². The Kier molecular flexibility index (Phi) is 4.58. The summed E-state index contributed by atoms with van der Waals surface area (Å²) in [6.45, 7) is 2.32. The van der Waals surface area contributed by atoms with Crippen molar-refractivity contribution in [1.82, 2.24) is 9.62 Å². The van der Waals surface area contributed by atoms with E-state index >= 15 is 0 Å². The highest BCUT2D eigenvalue weighted by molar-refractivity contribution is 7.88. The number of halogens is 1. The molecule has 2 aromatic carbocycles. The summed E-state index contributed by atoms with van der Waals surface area (Å²) in [6.07, 6.45) is 0. The molecule has 0 radical (unpaired) electrons. The Hall–Kier alpha value is -1.40. The van der Waals surface area contributed by atoms with Crippen LogP contribution >= 0.6 is 11.6 Å². The highest BCUT2D eigenvalue weighted by Gasteiger charge is 2.49. The fraction of sp³-hybridized carbons (Fsp3) is 0.368. The number of hydrogen-bond donors (Lipinski definition) is 1. The van der Waals surface area contributed by atoms with Gasteiger partial charge in [-0.05, 0) is 35.6 Å². The maximum Gasteiger partial charge on any atom is 0.218 e. The monoisotopic (exact) mass is 376 g/mol. The number of fused-ring (bicyclic) bond motifs is 1. The maximum absolute atomic E-state index is 13.2. The first-order valence-corrected chi connectivity index (χ1v) is 10.5. The second-order valence-corrected chi connectivity index (χ2v) is 9.18. The second kappa shape index (κ2) is 6.72. The van der Waals surface area contributed by atoms with Gasteiger partial charge in [0.1, 0.15) is 0 Å². The molecule has 2 heterocycles. The molecule has 0 spiro atoms. The Labute approximate surface area is 153 Å². The minimum atomic E-state index is -3.45. The SMILES string of the molecule is O=S(=O)(Cc1ccccc1Cl)N1C[C@@H]2CNC[C@@H]2[C@@H]1c1ccccc1. The molecule has 2 saturated heterocycles. The van der Waals surface area contributed by atoms with Gasteiger partial charge in [0.15, 0.2) is 0 Å². The molecule has 0 bridgehead atoms. The van der Waals surface area contributed by atoms with Crippen LogP contribution in [0.4, 0.5) is 0 Å². The van der Waals surface area contributed by atoms with E-state index in [9.17, 15) is 8.42 Å². The van der Waals surface area contributed by atoms with Crippen molar-refractivity contribution < 1.29 is 8.42 Å². The highest BCUT2D eigenvalue weighted by atomic mass is 35.5. The van der Waals surface area contributed by atoms with Crippen LogP contribution in [0.2, 0.25) is 5.02 Å². The van der Waals surface area contributed by atoms with Gasteiger partial charge in [-0.15, -0.1) is 0 Å². The summed E-state index contributed by atoms with van der Waals surface area (Å²) in [5.74, 6) is 0.637. The number of rotatable bonds is 4. The first-order valence-electron chi connectivity index (χ1n) is 8.55. The molecule has 2 aliphatic rings. The molecule has 132 valence electrons. The topological polar surface area (TPSA) is 49.4 Å². The van der Waals surface area contributed by atoms with E-state index in [2.05, 4.69) is 5.32 Å². The van der Waals surface area contributed by atoms with Crippen LogP contribution in [0.5, 0.6) is 0 Å². The summed E-state index contributed by atoms with van der Waals surface area (Å²) in [4.78, 5) is 0. The summed E-state index contributed by atoms with van der Waals surface area (Å²) >= 11 is 6.19. The average molecular weight is 377 g/mol. The van der Waals surface area contributed by atoms with E-state index in [0.717, 1.165) is 18.7 Å². The standard InChI is InChI=1S/C19H21ClN2O2S/c20-18-9-5-4-8-15(18)13-25(23,24)22-12-16-10-21-11-17(16)19(22)14-6-2-1-3-7-14/h1-9,16-17,19,21H,10-13H2/t16-,17-,19-/m0/s1. The lowest BCUT2D eigenvalue weighted by atomic mass is 9.90. The molecule has 1 N–H and O–H groups in total. The maximum atomic E-state index is 13.2. The van der Waals surface area contributed by atoms with Crippen LogP contribution in [0.25, 0.3) is 0 Å². The largest absolute Gasteiger partial charge is 0.316 e. The van der Waals surface area contributed by atoms with Crippen molar-refractivity contribution in [2.75, 3.05) is 19.6 Å².